The van der Waals surface area contributed by atoms with Crippen molar-refractivity contribution in [2.75, 3.05) is 11.6 Å². The molecular weight excluding hydrogens is 232 g/mol. The zero-order valence-electron chi connectivity index (χ0n) is 9.82. The van der Waals surface area contributed by atoms with Gasteiger partial charge in [0.2, 0.25) is 0 Å². The highest BCUT2D eigenvalue weighted by atomic mass is 16.4. The summed E-state index contributed by atoms with van der Waals surface area (Å²) in [5, 5.41) is 18.3. The van der Waals surface area contributed by atoms with E-state index in [9.17, 15) is 4.79 Å². The largest absolute Gasteiger partial charge is 0.476 e. The molecule has 3 rings (SSSR count). The van der Waals surface area contributed by atoms with E-state index >= 15 is 0 Å². The number of aromatic carboxylic acids is 1. The van der Waals surface area contributed by atoms with Gasteiger partial charge in [0.15, 0.2) is 5.69 Å². The van der Waals surface area contributed by atoms with Gasteiger partial charge in [-0.3, -0.25) is 5.01 Å². The number of benzene rings is 1. The van der Waals surface area contributed by atoms with Gasteiger partial charge in [0.1, 0.15) is 0 Å². The minimum Gasteiger partial charge on any atom is -0.476 e. The number of hydrogen-bond acceptors (Lipinski definition) is 4. The highest BCUT2D eigenvalue weighted by Gasteiger charge is 2.27. The van der Waals surface area contributed by atoms with Crippen molar-refractivity contribution in [3.05, 3.63) is 41.7 Å². The monoisotopic (exact) mass is 244 g/mol. The molecule has 6 heteroatoms. The van der Waals surface area contributed by atoms with Crippen LogP contribution in [0.25, 0.3) is 0 Å². The molecule has 1 aromatic heterocycles. The predicted octanol–water partition coefficient (Wildman–Crippen LogP) is 1.36. The molecule has 1 atom stereocenters. The van der Waals surface area contributed by atoms with Crippen LogP contribution in [0.2, 0.25) is 0 Å². The number of aromatic nitrogens is 3. The summed E-state index contributed by atoms with van der Waals surface area (Å²) in [5.41, 5.74) is 2.24. The topological polar surface area (TPSA) is 71.2 Å². The van der Waals surface area contributed by atoms with Gasteiger partial charge in [-0.15, -0.1) is 5.10 Å². The van der Waals surface area contributed by atoms with E-state index in [1.54, 1.807) is 0 Å². The highest BCUT2D eigenvalue weighted by Crippen LogP contribution is 2.35. The molecule has 1 unspecified atom stereocenters. The molecule has 0 amide bonds. The molecule has 0 bridgehead atoms. The van der Waals surface area contributed by atoms with Crippen LogP contribution in [0.3, 0.4) is 0 Å². The van der Waals surface area contributed by atoms with Gasteiger partial charge >= 0.3 is 5.97 Å². The number of carbonyl (C=O) groups is 1. The molecule has 6 nitrogen and oxygen atoms in total. The van der Waals surface area contributed by atoms with Crippen molar-refractivity contribution in [2.24, 2.45) is 0 Å². The van der Waals surface area contributed by atoms with Crippen molar-refractivity contribution in [3.8, 4) is 0 Å². The van der Waals surface area contributed by atoms with Gasteiger partial charge in [0.05, 0.1) is 11.9 Å². The minimum atomic E-state index is -1.07. The molecule has 0 radical (unpaired) electrons. The Kier molecular flexibility index (Phi) is 2.29. The first-order chi connectivity index (χ1) is 8.66. The number of rotatable bonds is 2. The second-order valence-electron chi connectivity index (χ2n) is 4.37. The molecule has 1 aromatic carbocycles. The molecule has 0 aliphatic carbocycles. The van der Waals surface area contributed by atoms with Gasteiger partial charge in [0, 0.05) is 12.5 Å². The lowest BCUT2D eigenvalue weighted by Crippen LogP contribution is -2.28. The summed E-state index contributed by atoms with van der Waals surface area (Å²) in [6.45, 7) is 2.90. The Bertz CT molecular complexity index is 608. The molecule has 92 valence electrons. The highest BCUT2D eigenvalue weighted by molar-refractivity contribution is 5.84. The van der Waals surface area contributed by atoms with Crippen molar-refractivity contribution in [2.45, 2.75) is 12.8 Å². The quantitative estimate of drug-likeness (QED) is 0.863. The summed E-state index contributed by atoms with van der Waals surface area (Å²) in [5.74, 6) is -0.680. The number of carboxylic acid groups (broad SMARTS) is 1. The number of carboxylic acids is 1. The van der Waals surface area contributed by atoms with Gasteiger partial charge in [-0.2, -0.15) is 4.79 Å². The molecule has 0 saturated heterocycles. The van der Waals surface area contributed by atoms with Crippen molar-refractivity contribution >= 4 is 11.7 Å². The molecule has 2 heterocycles. The smallest absolute Gasteiger partial charge is 0.358 e. The Hall–Kier alpha value is -2.37. The first kappa shape index (κ1) is 10.8. The first-order valence-corrected chi connectivity index (χ1v) is 5.69. The third-order valence-corrected chi connectivity index (χ3v) is 3.14. The van der Waals surface area contributed by atoms with E-state index in [1.807, 2.05) is 23.2 Å². The maximum absolute atomic E-state index is 10.8. The summed E-state index contributed by atoms with van der Waals surface area (Å²) >= 11 is 0. The van der Waals surface area contributed by atoms with E-state index in [4.69, 9.17) is 5.11 Å². The van der Waals surface area contributed by atoms with E-state index in [2.05, 4.69) is 23.3 Å². The zero-order valence-corrected chi connectivity index (χ0v) is 9.82. The van der Waals surface area contributed by atoms with Gasteiger partial charge < -0.3 is 5.11 Å². The lowest BCUT2D eigenvalue weighted by Gasteiger charge is -2.18. The molecule has 18 heavy (non-hydrogen) atoms. The maximum Gasteiger partial charge on any atom is 0.358 e. The van der Waals surface area contributed by atoms with Gasteiger partial charge in [-0.05, 0) is 16.8 Å². The third-order valence-electron chi connectivity index (χ3n) is 3.14. The van der Waals surface area contributed by atoms with Crippen LogP contribution in [-0.2, 0) is 0 Å². The number of para-hydroxylation sites is 1. The van der Waals surface area contributed by atoms with Gasteiger partial charge in [-0.1, -0.05) is 25.1 Å². The van der Waals surface area contributed by atoms with Crippen LogP contribution >= 0.6 is 0 Å². The summed E-state index contributed by atoms with van der Waals surface area (Å²) in [6, 6.07) is 8.04. The summed E-state index contributed by atoms with van der Waals surface area (Å²) in [7, 11) is 0. The summed E-state index contributed by atoms with van der Waals surface area (Å²) in [4.78, 5) is 12.3. The first-order valence-electron chi connectivity index (χ1n) is 5.69. The van der Waals surface area contributed by atoms with Crippen LogP contribution in [0.4, 0.5) is 5.69 Å². The SMILES string of the molecule is CC1CN(n2cc(C(=O)O)nn2)c2ccccc21. The van der Waals surface area contributed by atoms with Crippen LogP contribution in [0.15, 0.2) is 30.5 Å². The fourth-order valence-electron chi connectivity index (χ4n) is 2.26. The van der Waals surface area contributed by atoms with Crippen molar-refractivity contribution < 1.29 is 9.90 Å². The van der Waals surface area contributed by atoms with Crippen LogP contribution in [0, 0.1) is 0 Å². The van der Waals surface area contributed by atoms with E-state index in [-0.39, 0.29) is 5.69 Å². The Morgan fingerprint density at radius 3 is 2.94 bits per heavy atom. The fraction of sp³-hybridized carbons (Fsp3) is 0.250. The van der Waals surface area contributed by atoms with Crippen molar-refractivity contribution in [1.82, 2.24) is 15.1 Å². The third kappa shape index (κ3) is 1.54. The van der Waals surface area contributed by atoms with E-state index in [0.29, 0.717) is 5.92 Å². The lowest BCUT2D eigenvalue weighted by atomic mass is 10.0. The molecule has 0 saturated carbocycles. The molecular formula is C12H12N4O2. The van der Waals surface area contributed by atoms with Crippen LogP contribution in [0.5, 0.6) is 0 Å². The second-order valence-corrected chi connectivity index (χ2v) is 4.37. The minimum absolute atomic E-state index is 0.0490. The summed E-state index contributed by atoms with van der Waals surface area (Å²) in [6.07, 6.45) is 1.43. The Morgan fingerprint density at radius 1 is 1.44 bits per heavy atom. The standard InChI is InChI=1S/C12H12N4O2/c1-8-6-15(11-5-3-2-4-9(8)11)16-7-10(12(17)18)13-14-16/h2-5,7-8H,6H2,1H3,(H,17,18). The number of hydrogen-bond donors (Lipinski definition) is 1. The van der Waals surface area contributed by atoms with E-state index in [0.717, 1.165) is 12.2 Å². The average Bonchev–Trinajstić information content (AvgIpc) is 2.95. The predicted molar refractivity (Wildman–Crippen MR) is 64.6 cm³/mol. The summed E-state index contributed by atoms with van der Waals surface area (Å²) < 4.78 is 0. The van der Waals surface area contributed by atoms with Gasteiger partial charge in [0.25, 0.3) is 0 Å². The van der Waals surface area contributed by atoms with Crippen LogP contribution in [-0.4, -0.2) is 32.7 Å². The number of nitrogens with zero attached hydrogens (tertiary/aromatic N) is 4. The lowest BCUT2D eigenvalue weighted by molar-refractivity contribution is 0.0690. The van der Waals surface area contributed by atoms with Gasteiger partial charge in [-0.25, -0.2) is 4.79 Å². The average molecular weight is 244 g/mol. The molecule has 0 fully saturated rings. The molecule has 1 N–H and O–H groups in total. The Labute approximate surface area is 103 Å². The second kappa shape index (κ2) is 3.83. The van der Waals surface area contributed by atoms with E-state index in [1.165, 1.54) is 16.6 Å². The van der Waals surface area contributed by atoms with Crippen molar-refractivity contribution in [1.29, 1.82) is 0 Å². The normalized spacial score (nSPS) is 17.8. The van der Waals surface area contributed by atoms with Crippen LogP contribution in [0.1, 0.15) is 28.9 Å². The molecule has 1 aliphatic heterocycles. The fourth-order valence-corrected chi connectivity index (χ4v) is 2.26. The maximum atomic E-state index is 10.8. The number of fused-ring (bicyclic) bond motifs is 1. The number of anilines is 1. The molecule has 1 aliphatic rings. The van der Waals surface area contributed by atoms with Crippen LogP contribution < -0.4 is 5.01 Å². The Morgan fingerprint density at radius 2 is 2.22 bits per heavy atom. The van der Waals surface area contributed by atoms with E-state index < -0.39 is 5.97 Å². The zero-order chi connectivity index (χ0) is 12.7. The molecule has 0 spiro atoms. The Balaban J connectivity index is 2.01. The van der Waals surface area contributed by atoms with Crippen molar-refractivity contribution in [3.63, 3.8) is 0 Å². The molecule has 2 aromatic rings.